The van der Waals surface area contributed by atoms with Gasteiger partial charge in [-0.15, -0.1) is 0 Å². The van der Waals surface area contributed by atoms with E-state index in [2.05, 4.69) is 23.9 Å². The molecular formula is C17H26N2O. The largest absolute Gasteiger partial charge is 0.305 e. The van der Waals surface area contributed by atoms with Gasteiger partial charge in [-0.25, -0.2) is 0 Å². The Morgan fingerprint density at radius 3 is 2.80 bits per heavy atom. The highest BCUT2D eigenvalue weighted by Crippen LogP contribution is 2.15. The van der Waals surface area contributed by atoms with Gasteiger partial charge in [-0.05, 0) is 46.0 Å². The molecule has 0 radical (unpaired) electrons. The number of likely N-dealkylation sites (N-methyl/N-ethyl adjacent to an activating group) is 1. The number of carbonyl (C=O) groups is 1. The van der Waals surface area contributed by atoms with Crippen LogP contribution in [0.3, 0.4) is 0 Å². The SMILES string of the molecule is Cc1ccccc1C(=O)CCN1CCCC(N(C)C)C1. The standard InChI is InChI=1S/C17H26N2O/c1-14-7-4-5-9-16(14)17(20)10-12-19-11-6-8-15(13-19)18(2)3/h4-5,7,9,15H,6,8,10-13H2,1-3H3. The van der Waals surface area contributed by atoms with Crippen LogP contribution >= 0.6 is 0 Å². The molecule has 3 nitrogen and oxygen atoms in total. The fourth-order valence-electron chi connectivity index (χ4n) is 2.94. The molecular weight excluding hydrogens is 248 g/mol. The number of Topliss-reactive ketones (excluding diaryl/α,β-unsaturated/α-hetero) is 1. The summed E-state index contributed by atoms with van der Waals surface area (Å²) in [4.78, 5) is 17.0. The van der Waals surface area contributed by atoms with Crippen LogP contribution in [0.25, 0.3) is 0 Å². The van der Waals surface area contributed by atoms with Crippen molar-refractivity contribution >= 4 is 5.78 Å². The van der Waals surface area contributed by atoms with E-state index in [4.69, 9.17) is 0 Å². The van der Waals surface area contributed by atoms with Crippen molar-refractivity contribution in [1.82, 2.24) is 9.80 Å². The van der Waals surface area contributed by atoms with Crippen molar-refractivity contribution < 1.29 is 4.79 Å². The first kappa shape index (κ1) is 15.2. The van der Waals surface area contributed by atoms with E-state index in [0.717, 1.165) is 30.8 Å². The molecule has 0 amide bonds. The minimum atomic E-state index is 0.273. The summed E-state index contributed by atoms with van der Waals surface area (Å²) in [6.45, 7) is 5.12. The Kier molecular flexibility index (Phi) is 5.32. The first-order chi connectivity index (χ1) is 9.58. The second-order valence-electron chi connectivity index (χ2n) is 6.05. The Labute approximate surface area is 122 Å². The zero-order valence-electron chi connectivity index (χ0n) is 12.9. The number of carbonyl (C=O) groups excluding carboxylic acids is 1. The number of hydrogen-bond acceptors (Lipinski definition) is 3. The second-order valence-corrected chi connectivity index (χ2v) is 6.05. The van der Waals surface area contributed by atoms with E-state index in [1.54, 1.807) is 0 Å². The van der Waals surface area contributed by atoms with E-state index in [0.29, 0.717) is 12.5 Å². The highest BCUT2D eigenvalue weighted by atomic mass is 16.1. The third-order valence-electron chi connectivity index (χ3n) is 4.31. The third kappa shape index (κ3) is 3.90. The van der Waals surface area contributed by atoms with Gasteiger partial charge in [0.2, 0.25) is 0 Å². The number of aryl methyl sites for hydroxylation is 1. The number of likely N-dealkylation sites (tertiary alicyclic amines) is 1. The van der Waals surface area contributed by atoms with E-state index in [1.807, 2.05) is 31.2 Å². The number of piperidine rings is 1. The smallest absolute Gasteiger partial charge is 0.164 e. The highest BCUT2D eigenvalue weighted by molar-refractivity contribution is 5.97. The zero-order valence-corrected chi connectivity index (χ0v) is 12.9. The predicted molar refractivity (Wildman–Crippen MR) is 83.3 cm³/mol. The Morgan fingerprint density at radius 2 is 2.10 bits per heavy atom. The quantitative estimate of drug-likeness (QED) is 0.771. The monoisotopic (exact) mass is 274 g/mol. The summed E-state index contributed by atoms with van der Waals surface area (Å²) in [5, 5.41) is 0. The number of nitrogens with zero attached hydrogens (tertiary/aromatic N) is 2. The highest BCUT2D eigenvalue weighted by Gasteiger charge is 2.21. The molecule has 1 unspecified atom stereocenters. The van der Waals surface area contributed by atoms with Gasteiger partial charge >= 0.3 is 0 Å². The number of hydrogen-bond donors (Lipinski definition) is 0. The molecule has 1 aromatic carbocycles. The zero-order chi connectivity index (χ0) is 14.5. The van der Waals surface area contributed by atoms with Gasteiger partial charge in [-0.2, -0.15) is 0 Å². The van der Waals surface area contributed by atoms with Crippen LogP contribution in [0.4, 0.5) is 0 Å². The number of ketones is 1. The van der Waals surface area contributed by atoms with Crippen molar-refractivity contribution in [2.24, 2.45) is 0 Å². The van der Waals surface area contributed by atoms with Gasteiger partial charge in [0.05, 0.1) is 0 Å². The maximum atomic E-state index is 12.3. The fraction of sp³-hybridized carbons (Fsp3) is 0.588. The van der Waals surface area contributed by atoms with E-state index in [-0.39, 0.29) is 5.78 Å². The lowest BCUT2D eigenvalue weighted by atomic mass is 10.0. The summed E-state index contributed by atoms with van der Waals surface area (Å²) in [6, 6.07) is 8.52. The molecule has 1 aromatic rings. The van der Waals surface area contributed by atoms with Crippen molar-refractivity contribution in [2.75, 3.05) is 33.7 Å². The van der Waals surface area contributed by atoms with Crippen LogP contribution < -0.4 is 0 Å². The van der Waals surface area contributed by atoms with E-state index in [9.17, 15) is 4.79 Å². The van der Waals surface area contributed by atoms with Gasteiger partial charge in [-0.1, -0.05) is 24.3 Å². The minimum absolute atomic E-state index is 0.273. The number of benzene rings is 1. The Hall–Kier alpha value is -1.19. The molecule has 2 rings (SSSR count). The van der Waals surface area contributed by atoms with Gasteiger partial charge in [0.15, 0.2) is 5.78 Å². The van der Waals surface area contributed by atoms with Gasteiger partial charge in [-0.3, -0.25) is 4.79 Å². The maximum Gasteiger partial charge on any atom is 0.164 e. The van der Waals surface area contributed by atoms with E-state index in [1.165, 1.54) is 12.8 Å². The van der Waals surface area contributed by atoms with Crippen molar-refractivity contribution in [3.63, 3.8) is 0 Å². The number of rotatable bonds is 5. The normalized spacial score (nSPS) is 20.3. The lowest BCUT2D eigenvalue weighted by molar-refractivity contribution is 0.0927. The topological polar surface area (TPSA) is 23.6 Å². The summed E-state index contributed by atoms with van der Waals surface area (Å²) in [6.07, 6.45) is 3.14. The summed E-state index contributed by atoms with van der Waals surface area (Å²) >= 11 is 0. The lowest BCUT2D eigenvalue weighted by Gasteiger charge is -2.36. The van der Waals surface area contributed by atoms with E-state index < -0.39 is 0 Å². The van der Waals surface area contributed by atoms with Gasteiger partial charge in [0.25, 0.3) is 0 Å². The molecule has 3 heteroatoms. The first-order valence-corrected chi connectivity index (χ1v) is 7.55. The van der Waals surface area contributed by atoms with Crippen molar-refractivity contribution in [2.45, 2.75) is 32.2 Å². The molecule has 0 N–H and O–H groups in total. The van der Waals surface area contributed by atoms with Crippen molar-refractivity contribution in [3.8, 4) is 0 Å². The van der Waals surface area contributed by atoms with Crippen LogP contribution in [0.2, 0.25) is 0 Å². The molecule has 1 atom stereocenters. The van der Waals surface area contributed by atoms with Crippen LogP contribution in [0.1, 0.15) is 35.2 Å². The van der Waals surface area contributed by atoms with Crippen LogP contribution in [-0.4, -0.2) is 55.4 Å². The average Bonchev–Trinajstić information content (AvgIpc) is 2.45. The Bertz CT molecular complexity index is 456. The molecule has 0 saturated carbocycles. The van der Waals surface area contributed by atoms with Crippen LogP contribution in [0.15, 0.2) is 24.3 Å². The molecule has 1 fully saturated rings. The molecule has 1 saturated heterocycles. The average molecular weight is 274 g/mol. The molecule has 0 bridgehead atoms. The van der Waals surface area contributed by atoms with Crippen LogP contribution in [0, 0.1) is 6.92 Å². The summed E-state index contributed by atoms with van der Waals surface area (Å²) in [5.41, 5.74) is 1.97. The molecule has 110 valence electrons. The predicted octanol–water partition coefficient (Wildman–Crippen LogP) is 2.59. The van der Waals surface area contributed by atoms with E-state index >= 15 is 0 Å². The molecule has 1 heterocycles. The van der Waals surface area contributed by atoms with Gasteiger partial charge in [0.1, 0.15) is 0 Å². The van der Waals surface area contributed by atoms with Gasteiger partial charge < -0.3 is 9.80 Å². The summed E-state index contributed by atoms with van der Waals surface area (Å²) < 4.78 is 0. The molecule has 1 aliphatic rings. The van der Waals surface area contributed by atoms with Crippen LogP contribution in [-0.2, 0) is 0 Å². The lowest BCUT2D eigenvalue weighted by Crippen LogP contribution is -2.45. The minimum Gasteiger partial charge on any atom is -0.305 e. The fourth-order valence-corrected chi connectivity index (χ4v) is 2.94. The summed E-state index contributed by atoms with van der Waals surface area (Å²) in [7, 11) is 4.29. The molecule has 20 heavy (non-hydrogen) atoms. The first-order valence-electron chi connectivity index (χ1n) is 7.55. The third-order valence-corrected chi connectivity index (χ3v) is 4.31. The van der Waals surface area contributed by atoms with Crippen LogP contribution in [0.5, 0.6) is 0 Å². The van der Waals surface area contributed by atoms with Gasteiger partial charge in [0, 0.05) is 31.1 Å². The van der Waals surface area contributed by atoms with Crippen molar-refractivity contribution in [1.29, 1.82) is 0 Å². The molecule has 0 spiro atoms. The van der Waals surface area contributed by atoms with Crippen molar-refractivity contribution in [3.05, 3.63) is 35.4 Å². The second kappa shape index (κ2) is 7.00. The molecule has 1 aliphatic heterocycles. The Balaban J connectivity index is 1.86. The summed E-state index contributed by atoms with van der Waals surface area (Å²) in [5.74, 6) is 0.273. The molecule has 0 aliphatic carbocycles. The molecule has 0 aromatic heterocycles. The Morgan fingerprint density at radius 1 is 1.35 bits per heavy atom. The maximum absolute atomic E-state index is 12.3.